The van der Waals surface area contributed by atoms with Gasteiger partial charge >= 0.3 is 0 Å². The minimum Gasteiger partial charge on any atom is -0.369 e. The van der Waals surface area contributed by atoms with E-state index in [2.05, 4.69) is 10.6 Å². The molecule has 0 aromatic carbocycles. The smallest absolute Gasteiger partial charge is 0.224 e. The Balaban J connectivity index is 2.52. The fourth-order valence-corrected chi connectivity index (χ4v) is 2.15. The van der Waals surface area contributed by atoms with Crippen LogP contribution in [0.15, 0.2) is 11.4 Å². The molecule has 0 spiro atoms. The Hall–Kier alpha value is -1.40. The molecular weight excluding hydrogens is 250 g/mol. The number of thiophene rings is 1. The first kappa shape index (κ1) is 14.7. The zero-order chi connectivity index (χ0) is 13.8. The van der Waals surface area contributed by atoms with Crippen LogP contribution in [0, 0.1) is 5.41 Å². The lowest BCUT2D eigenvalue weighted by atomic mass is 9.93. The molecule has 0 aliphatic carbocycles. The summed E-state index contributed by atoms with van der Waals surface area (Å²) in [6.45, 7) is 6.17. The molecule has 6 heteroatoms. The summed E-state index contributed by atoms with van der Waals surface area (Å²) < 4.78 is 0. The second-order valence-corrected chi connectivity index (χ2v) is 5.79. The number of hydrogen-bond acceptors (Lipinski definition) is 4. The number of amides is 2. The van der Waals surface area contributed by atoms with Crippen LogP contribution < -0.4 is 16.4 Å². The van der Waals surface area contributed by atoms with Gasteiger partial charge in [0.2, 0.25) is 11.8 Å². The monoisotopic (exact) mass is 269 g/mol. The number of primary amides is 1. The van der Waals surface area contributed by atoms with Gasteiger partial charge in [-0.25, -0.2) is 0 Å². The summed E-state index contributed by atoms with van der Waals surface area (Å²) in [6, 6.07) is 1.86. The summed E-state index contributed by atoms with van der Waals surface area (Å²) in [7, 11) is 0. The third-order valence-corrected chi connectivity index (χ3v) is 3.50. The zero-order valence-corrected chi connectivity index (χ0v) is 11.7. The quantitative estimate of drug-likeness (QED) is 0.728. The molecule has 18 heavy (non-hydrogen) atoms. The van der Waals surface area contributed by atoms with Gasteiger partial charge in [-0.1, -0.05) is 0 Å². The lowest BCUT2D eigenvalue weighted by Gasteiger charge is -2.20. The Labute approximate surface area is 111 Å². The molecule has 0 fully saturated rings. The molecule has 0 radical (unpaired) electrons. The van der Waals surface area contributed by atoms with E-state index in [1.54, 1.807) is 25.2 Å². The van der Waals surface area contributed by atoms with Crippen LogP contribution in [-0.2, 0) is 16.1 Å². The van der Waals surface area contributed by atoms with Crippen LogP contribution in [0.3, 0.4) is 0 Å². The molecule has 0 bridgehead atoms. The highest BCUT2D eigenvalue weighted by Gasteiger charge is 2.24. The molecule has 0 aliphatic rings. The maximum atomic E-state index is 11.2. The second kappa shape index (κ2) is 5.97. The minimum atomic E-state index is -0.578. The lowest BCUT2D eigenvalue weighted by Crippen LogP contribution is -2.40. The van der Waals surface area contributed by atoms with Gasteiger partial charge < -0.3 is 16.4 Å². The van der Waals surface area contributed by atoms with E-state index in [1.807, 2.05) is 11.4 Å². The molecule has 1 rings (SSSR count). The summed E-state index contributed by atoms with van der Waals surface area (Å²) in [4.78, 5) is 23.2. The summed E-state index contributed by atoms with van der Waals surface area (Å²) in [5.41, 5.74) is 5.53. The van der Waals surface area contributed by atoms with E-state index in [4.69, 9.17) is 5.73 Å². The molecule has 0 aliphatic heterocycles. The number of hydrogen-bond donors (Lipinski definition) is 3. The molecule has 1 heterocycles. The zero-order valence-electron chi connectivity index (χ0n) is 10.9. The fraction of sp³-hybridized carbons (Fsp3) is 0.500. The summed E-state index contributed by atoms with van der Waals surface area (Å²) in [5, 5.41) is 7.86. The average Bonchev–Trinajstić information content (AvgIpc) is 2.64. The maximum Gasteiger partial charge on any atom is 0.224 e. The first-order valence-corrected chi connectivity index (χ1v) is 6.55. The van der Waals surface area contributed by atoms with Gasteiger partial charge in [-0.15, -0.1) is 11.3 Å². The second-order valence-electron chi connectivity index (χ2n) is 4.79. The van der Waals surface area contributed by atoms with Crippen LogP contribution in [-0.4, -0.2) is 18.4 Å². The van der Waals surface area contributed by atoms with Crippen LogP contribution in [0.4, 0.5) is 5.69 Å². The SMILES string of the molecule is CC(=O)Nc1ccsc1CNCC(C)(C)C(N)=O. The van der Waals surface area contributed by atoms with Crippen LogP contribution in [0.1, 0.15) is 25.6 Å². The van der Waals surface area contributed by atoms with E-state index in [0.29, 0.717) is 13.1 Å². The number of anilines is 1. The van der Waals surface area contributed by atoms with Gasteiger partial charge in [-0.05, 0) is 25.3 Å². The number of nitrogens with two attached hydrogens (primary N) is 1. The maximum absolute atomic E-state index is 11.2. The molecule has 0 saturated carbocycles. The molecule has 0 atom stereocenters. The van der Waals surface area contributed by atoms with Gasteiger partial charge in [0.25, 0.3) is 0 Å². The van der Waals surface area contributed by atoms with E-state index >= 15 is 0 Å². The summed E-state index contributed by atoms with van der Waals surface area (Å²) >= 11 is 1.56. The third-order valence-electron chi connectivity index (χ3n) is 2.58. The molecule has 4 N–H and O–H groups in total. The Kier molecular flexibility index (Phi) is 4.86. The summed E-state index contributed by atoms with van der Waals surface area (Å²) in [5.74, 6) is -0.421. The Morgan fingerprint density at radius 1 is 1.44 bits per heavy atom. The van der Waals surface area contributed by atoms with Gasteiger partial charge in [0, 0.05) is 24.9 Å². The van der Waals surface area contributed by atoms with Crippen LogP contribution in [0.5, 0.6) is 0 Å². The molecule has 0 saturated heterocycles. The highest BCUT2D eigenvalue weighted by molar-refractivity contribution is 7.10. The van der Waals surface area contributed by atoms with Crippen molar-refractivity contribution in [2.45, 2.75) is 27.3 Å². The number of nitrogens with one attached hydrogen (secondary N) is 2. The van der Waals surface area contributed by atoms with Crippen molar-refractivity contribution < 1.29 is 9.59 Å². The van der Waals surface area contributed by atoms with E-state index in [9.17, 15) is 9.59 Å². The van der Waals surface area contributed by atoms with E-state index in [-0.39, 0.29) is 11.8 Å². The predicted molar refractivity (Wildman–Crippen MR) is 73.3 cm³/mol. The van der Waals surface area contributed by atoms with Gasteiger partial charge in [0.15, 0.2) is 0 Å². The molecule has 2 amide bonds. The van der Waals surface area contributed by atoms with Gasteiger partial charge in [-0.3, -0.25) is 9.59 Å². The van der Waals surface area contributed by atoms with Gasteiger partial charge in [-0.2, -0.15) is 0 Å². The fourth-order valence-electron chi connectivity index (χ4n) is 1.35. The van der Waals surface area contributed by atoms with E-state index < -0.39 is 5.41 Å². The molecule has 5 nitrogen and oxygen atoms in total. The van der Waals surface area contributed by atoms with Crippen molar-refractivity contribution in [2.75, 3.05) is 11.9 Å². The van der Waals surface area contributed by atoms with Crippen molar-refractivity contribution >= 4 is 28.8 Å². The molecule has 1 aromatic heterocycles. The Morgan fingerprint density at radius 3 is 2.67 bits per heavy atom. The first-order valence-electron chi connectivity index (χ1n) is 5.67. The summed E-state index contributed by atoms with van der Waals surface area (Å²) in [6.07, 6.45) is 0. The van der Waals surface area contributed by atoms with Gasteiger partial charge in [0.1, 0.15) is 0 Å². The number of carbonyl (C=O) groups excluding carboxylic acids is 2. The molecule has 0 unspecified atom stereocenters. The lowest BCUT2D eigenvalue weighted by molar-refractivity contribution is -0.125. The molecule has 100 valence electrons. The third kappa shape index (κ3) is 4.12. The minimum absolute atomic E-state index is 0.0906. The van der Waals surface area contributed by atoms with Crippen molar-refractivity contribution in [1.82, 2.24) is 5.32 Å². The van der Waals surface area contributed by atoms with E-state index in [1.165, 1.54) is 6.92 Å². The number of rotatable bonds is 6. The Morgan fingerprint density at radius 2 is 2.11 bits per heavy atom. The Bertz CT molecular complexity index is 440. The average molecular weight is 269 g/mol. The van der Waals surface area contributed by atoms with Crippen LogP contribution in [0.25, 0.3) is 0 Å². The predicted octanol–water partition coefficient (Wildman–Crippen LogP) is 1.31. The van der Waals surface area contributed by atoms with Gasteiger partial charge in [0.05, 0.1) is 11.1 Å². The molecular formula is C12H19N3O2S. The highest BCUT2D eigenvalue weighted by Crippen LogP contribution is 2.22. The highest BCUT2D eigenvalue weighted by atomic mass is 32.1. The van der Waals surface area contributed by atoms with Crippen molar-refractivity contribution in [2.24, 2.45) is 11.1 Å². The van der Waals surface area contributed by atoms with Crippen molar-refractivity contribution in [1.29, 1.82) is 0 Å². The standard InChI is InChI=1S/C12H19N3O2S/c1-8(16)15-9-4-5-18-10(9)6-14-7-12(2,3)11(13)17/h4-5,14H,6-7H2,1-3H3,(H2,13,17)(H,15,16). The molecule has 1 aromatic rings. The largest absolute Gasteiger partial charge is 0.369 e. The van der Waals surface area contributed by atoms with Crippen molar-refractivity contribution in [3.8, 4) is 0 Å². The first-order chi connectivity index (χ1) is 8.33. The number of carbonyl (C=O) groups is 2. The van der Waals surface area contributed by atoms with Crippen LogP contribution >= 0.6 is 11.3 Å². The van der Waals surface area contributed by atoms with Crippen molar-refractivity contribution in [3.05, 3.63) is 16.3 Å². The van der Waals surface area contributed by atoms with Crippen molar-refractivity contribution in [3.63, 3.8) is 0 Å². The topological polar surface area (TPSA) is 84.2 Å². The normalized spacial score (nSPS) is 11.3. The van der Waals surface area contributed by atoms with Crippen LogP contribution in [0.2, 0.25) is 0 Å². The van der Waals surface area contributed by atoms with E-state index in [0.717, 1.165) is 10.6 Å².